The second kappa shape index (κ2) is 7.15. The van der Waals surface area contributed by atoms with Crippen LogP contribution in [0.15, 0.2) is 66.9 Å². The first-order valence-electron chi connectivity index (χ1n) is 7.38. The monoisotopic (exact) mass is 338 g/mol. The van der Waals surface area contributed by atoms with Crippen molar-refractivity contribution in [2.75, 3.05) is 5.32 Å². The number of pyridine rings is 1. The van der Waals surface area contributed by atoms with Crippen LogP contribution in [0, 0.1) is 6.92 Å². The van der Waals surface area contributed by atoms with Crippen LogP contribution in [0.5, 0.6) is 11.6 Å². The van der Waals surface area contributed by atoms with Gasteiger partial charge in [0.1, 0.15) is 11.3 Å². The number of benzene rings is 2. The molecule has 3 aromatic rings. The van der Waals surface area contributed by atoms with Crippen molar-refractivity contribution in [2.24, 2.45) is 0 Å². The molecule has 24 heavy (non-hydrogen) atoms. The Hall–Kier alpha value is -2.85. The van der Waals surface area contributed by atoms with E-state index >= 15 is 0 Å². The molecule has 3 rings (SSSR count). The lowest BCUT2D eigenvalue weighted by atomic mass is 10.2. The van der Waals surface area contributed by atoms with Crippen molar-refractivity contribution in [2.45, 2.75) is 6.92 Å². The Labute approximate surface area is 145 Å². The molecule has 0 aliphatic rings. The van der Waals surface area contributed by atoms with E-state index in [0.29, 0.717) is 22.0 Å². The summed E-state index contributed by atoms with van der Waals surface area (Å²) in [6.07, 6.45) is 1.57. The molecule has 0 atom stereocenters. The predicted octanol–water partition coefficient (Wildman–Crippen LogP) is 5.09. The van der Waals surface area contributed by atoms with E-state index in [4.69, 9.17) is 16.3 Å². The van der Waals surface area contributed by atoms with Gasteiger partial charge < -0.3 is 10.1 Å². The SMILES string of the molecule is Cc1ccc(NC(=O)c2cccnc2Oc2cccc(Cl)c2)cc1. The van der Waals surface area contributed by atoms with Crippen molar-refractivity contribution in [1.29, 1.82) is 0 Å². The fourth-order valence-electron chi connectivity index (χ4n) is 2.12. The molecule has 2 aromatic carbocycles. The molecule has 120 valence electrons. The smallest absolute Gasteiger partial charge is 0.261 e. The third kappa shape index (κ3) is 3.91. The predicted molar refractivity (Wildman–Crippen MR) is 94.9 cm³/mol. The molecular formula is C19H15ClN2O2. The number of hydrogen-bond acceptors (Lipinski definition) is 3. The first-order chi connectivity index (χ1) is 11.6. The number of nitrogens with one attached hydrogen (secondary N) is 1. The van der Waals surface area contributed by atoms with E-state index in [1.54, 1.807) is 42.6 Å². The van der Waals surface area contributed by atoms with Gasteiger partial charge in [0.15, 0.2) is 0 Å². The van der Waals surface area contributed by atoms with Gasteiger partial charge in [0.2, 0.25) is 5.88 Å². The third-order valence-corrected chi connectivity index (χ3v) is 3.57. The molecule has 0 saturated heterocycles. The number of amides is 1. The van der Waals surface area contributed by atoms with Crippen molar-refractivity contribution in [3.63, 3.8) is 0 Å². The fourth-order valence-corrected chi connectivity index (χ4v) is 2.30. The third-order valence-electron chi connectivity index (χ3n) is 3.34. The second-order valence-corrected chi connectivity index (χ2v) is 5.67. The van der Waals surface area contributed by atoms with Crippen LogP contribution in [-0.2, 0) is 0 Å². The molecule has 1 N–H and O–H groups in total. The summed E-state index contributed by atoms with van der Waals surface area (Å²) in [6.45, 7) is 1.99. The molecule has 0 saturated carbocycles. The lowest BCUT2D eigenvalue weighted by Crippen LogP contribution is -2.13. The van der Waals surface area contributed by atoms with Crippen molar-refractivity contribution < 1.29 is 9.53 Å². The zero-order chi connectivity index (χ0) is 16.9. The summed E-state index contributed by atoms with van der Waals surface area (Å²) in [5.74, 6) is 0.457. The Morgan fingerprint density at radius 3 is 2.62 bits per heavy atom. The molecule has 0 unspecified atom stereocenters. The lowest BCUT2D eigenvalue weighted by molar-refractivity contribution is 0.102. The summed E-state index contributed by atoms with van der Waals surface area (Å²) in [6, 6.07) is 17.8. The van der Waals surface area contributed by atoms with E-state index in [2.05, 4.69) is 10.3 Å². The van der Waals surface area contributed by atoms with Crippen molar-refractivity contribution in [1.82, 2.24) is 4.98 Å². The standard InChI is InChI=1S/C19H15ClN2O2/c1-13-7-9-15(10-8-13)22-18(23)17-6-3-11-21-19(17)24-16-5-2-4-14(20)12-16/h2-12H,1H3,(H,22,23). The number of carbonyl (C=O) groups excluding carboxylic acids is 1. The summed E-state index contributed by atoms with van der Waals surface area (Å²) < 4.78 is 5.71. The summed E-state index contributed by atoms with van der Waals surface area (Å²) in [7, 11) is 0. The van der Waals surface area contributed by atoms with Gasteiger partial charge in [-0.15, -0.1) is 0 Å². The van der Waals surface area contributed by atoms with E-state index < -0.39 is 0 Å². The highest BCUT2D eigenvalue weighted by molar-refractivity contribution is 6.30. The number of aryl methyl sites for hydroxylation is 1. The van der Waals surface area contributed by atoms with E-state index in [-0.39, 0.29) is 11.8 Å². The van der Waals surface area contributed by atoms with Gasteiger partial charge in [-0.1, -0.05) is 35.4 Å². The first-order valence-corrected chi connectivity index (χ1v) is 7.76. The zero-order valence-corrected chi connectivity index (χ0v) is 13.7. The molecule has 4 nitrogen and oxygen atoms in total. The Bertz CT molecular complexity index is 863. The minimum absolute atomic E-state index is 0.226. The van der Waals surface area contributed by atoms with E-state index in [1.165, 1.54) is 0 Å². The van der Waals surface area contributed by atoms with Crippen LogP contribution in [0.25, 0.3) is 0 Å². The zero-order valence-electron chi connectivity index (χ0n) is 13.0. The normalized spacial score (nSPS) is 10.2. The minimum Gasteiger partial charge on any atom is -0.438 e. The molecule has 0 spiro atoms. The number of anilines is 1. The van der Waals surface area contributed by atoms with Gasteiger partial charge >= 0.3 is 0 Å². The summed E-state index contributed by atoms with van der Waals surface area (Å²) in [5, 5.41) is 3.39. The van der Waals surface area contributed by atoms with E-state index in [0.717, 1.165) is 5.56 Å². The number of rotatable bonds is 4. The Balaban J connectivity index is 1.83. The number of carbonyl (C=O) groups is 1. The summed E-state index contributed by atoms with van der Waals surface area (Å²) >= 11 is 5.95. The molecule has 0 radical (unpaired) electrons. The largest absolute Gasteiger partial charge is 0.438 e. The molecular weight excluding hydrogens is 324 g/mol. The maximum absolute atomic E-state index is 12.5. The highest BCUT2D eigenvalue weighted by Crippen LogP contribution is 2.25. The van der Waals surface area contributed by atoms with Crippen LogP contribution in [0.4, 0.5) is 5.69 Å². The molecule has 1 heterocycles. The topological polar surface area (TPSA) is 51.2 Å². The molecule has 5 heteroatoms. The van der Waals surface area contributed by atoms with Gasteiger partial charge in [-0.25, -0.2) is 4.98 Å². The Morgan fingerprint density at radius 2 is 1.88 bits per heavy atom. The van der Waals surface area contributed by atoms with Crippen LogP contribution >= 0.6 is 11.6 Å². The summed E-state index contributed by atoms with van der Waals surface area (Å²) in [5.41, 5.74) is 2.18. The van der Waals surface area contributed by atoms with Crippen molar-refractivity contribution in [3.05, 3.63) is 83.0 Å². The highest BCUT2D eigenvalue weighted by Gasteiger charge is 2.14. The van der Waals surface area contributed by atoms with Crippen LogP contribution in [0.3, 0.4) is 0 Å². The molecule has 0 fully saturated rings. The van der Waals surface area contributed by atoms with Gasteiger partial charge in [0.05, 0.1) is 0 Å². The number of ether oxygens (including phenoxy) is 1. The first kappa shape index (κ1) is 16.0. The van der Waals surface area contributed by atoms with Gasteiger partial charge in [0, 0.05) is 16.9 Å². The number of hydrogen-bond donors (Lipinski definition) is 1. The van der Waals surface area contributed by atoms with Crippen molar-refractivity contribution in [3.8, 4) is 11.6 Å². The number of aromatic nitrogens is 1. The van der Waals surface area contributed by atoms with E-state index in [1.807, 2.05) is 31.2 Å². The minimum atomic E-state index is -0.288. The van der Waals surface area contributed by atoms with Gasteiger partial charge in [-0.05, 0) is 49.4 Å². The Kier molecular flexibility index (Phi) is 4.77. The Morgan fingerprint density at radius 1 is 1.08 bits per heavy atom. The fraction of sp³-hybridized carbons (Fsp3) is 0.0526. The number of nitrogens with zero attached hydrogens (tertiary/aromatic N) is 1. The lowest BCUT2D eigenvalue weighted by Gasteiger charge is -2.10. The van der Waals surface area contributed by atoms with Gasteiger partial charge in [-0.2, -0.15) is 0 Å². The number of halogens is 1. The van der Waals surface area contributed by atoms with Crippen molar-refractivity contribution >= 4 is 23.2 Å². The second-order valence-electron chi connectivity index (χ2n) is 5.24. The average Bonchev–Trinajstić information content (AvgIpc) is 2.57. The van der Waals surface area contributed by atoms with Gasteiger partial charge in [-0.3, -0.25) is 4.79 Å². The van der Waals surface area contributed by atoms with Crippen LogP contribution in [-0.4, -0.2) is 10.9 Å². The summed E-state index contributed by atoms with van der Waals surface area (Å²) in [4.78, 5) is 16.7. The molecule has 0 aliphatic carbocycles. The maximum Gasteiger partial charge on any atom is 0.261 e. The van der Waals surface area contributed by atoms with Crippen LogP contribution in [0.2, 0.25) is 5.02 Å². The van der Waals surface area contributed by atoms with Crippen LogP contribution < -0.4 is 10.1 Å². The van der Waals surface area contributed by atoms with Crippen LogP contribution in [0.1, 0.15) is 15.9 Å². The quantitative estimate of drug-likeness (QED) is 0.721. The average molecular weight is 339 g/mol. The molecule has 0 aliphatic heterocycles. The molecule has 1 aromatic heterocycles. The van der Waals surface area contributed by atoms with E-state index in [9.17, 15) is 4.79 Å². The molecule has 0 bridgehead atoms. The van der Waals surface area contributed by atoms with Gasteiger partial charge in [0.25, 0.3) is 5.91 Å². The molecule has 1 amide bonds. The maximum atomic E-state index is 12.5. The highest BCUT2D eigenvalue weighted by atomic mass is 35.5.